The largest absolute Gasteiger partial charge is 0.380 e. The van der Waals surface area contributed by atoms with Crippen molar-refractivity contribution < 1.29 is 4.74 Å². The van der Waals surface area contributed by atoms with Crippen LogP contribution in [0.4, 0.5) is 5.69 Å². The van der Waals surface area contributed by atoms with E-state index in [1.54, 1.807) is 0 Å². The van der Waals surface area contributed by atoms with Gasteiger partial charge in [-0.3, -0.25) is 0 Å². The minimum atomic E-state index is 0.193. The van der Waals surface area contributed by atoms with E-state index in [-0.39, 0.29) is 6.04 Å². The fraction of sp³-hybridized carbons (Fsp3) is 0.600. The van der Waals surface area contributed by atoms with Gasteiger partial charge < -0.3 is 15.4 Å². The Morgan fingerprint density at radius 3 is 2.63 bits per heavy atom. The highest BCUT2D eigenvalue weighted by atomic mass is 79.9. The van der Waals surface area contributed by atoms with E-state index in [0.29, 0.717) is 0 Å². The quantitative estimate of drug-likeness (QED) is 0.745. The van der Waals surface area contributed by atoms with Crippen molar-refractivity contribution in [1.29, 1.82) is 0 Å². The second-order valence-corrected chi connectivity index (χ2v) is 5.60. The van der Waals surface area contributed by atoms with E-state index in [0.717, 1.165) is 37.2 Å². The standard InChI is InChI=1S/C15H25BrN2O/c1-4-18(8-9-19-5-2)15-7-6-13(10-12(3)17)11-14(15)16/h6-7,11-12H,4-5,8-10,17H2,1-3H3. The highest BCUT2D eigenvalue weighted by Gasteiger charge is 2.09. The molecule has 0 heterocycles. The zero-order chi connectivity index (χ0) is 14.3. The van der Waals surface area contributed by atoms with Crippen LogP contribution in [-0.4, -0.2) is 32.3 Å². The van der Waals surface area contributed by atoms with Crippen molar-refractivity contribution in [3.8, 4) is 0 Å². The molecule has 2 N–H and O–H groups in total. The van der Waals surface area contributed by atoms with Crippen LogP contribution in [0.2, 0.25) is 0 Å². The summed E-state index contributed by atoms with van der Waals surface area (Å²) in [5, 5.41) is 0. The second kappa shape index (κ2) is 8.56. The first kappa shape index (κ1) is 16.5. The van der Waals surface area contributed by atoms with Gasteiger partial charge in [-0.05, 0) is 60.8 Å². The van der Waals surface area contributed by atoms with Crippen LogP contribution in [0.1, 0.15) is 26.3 Å². The van der Waals surface area contributed by atoms with Gasteiger partial charge in [0.15, 0.2) is 0 Å². The molecule has 1 aromatic carbocycles. The number of ether oxygens (including phenoxy) is 1. The molecular weight excluding hydrogens is 304 g/mol. The average Bonchev–Trinajstić information content (AvgIpc) is 2.35. The highest BCUT2D eigenvalue weighted by molar-refractivity contribution is 9.10. The molecule has 0 aliphatic heterocycles. The smallest absolute Gasteiger partial charge is 0.0641 e. The maximum Gasteiger partial charge on any atom is 0.0641 e. The highest BCUT2D eigenvalue weighted by Crippen LogP contribution is 2.27. The predicted molar refractivity (Wildman–Crippen MR) is 85.9 cm³/mol. The number of rotatable bonds is 8. The summed E-state index contributed by atoms with van der Waals surface area (Å²) in [6, 6.07) is 6.68. The third-order valence-corrected chi connectivity index (χ3v) is 3.64. The van der Waals surface area contributed by atoms with E-state index < -0.39 is 0 Å². The summed E-state index contributed by atoms with van der Waals surface area (Å²) >= 11 is 3.66. The summed E-state index contributed by atoms with van der Waals surface area (Å²) < 4.78 is 6.56. The molecule has 1 unspecified atom stereocenters. The van der Waals surface area contributed by atoms with Gasteiger partial charge in [0.25, 0.3) is 0 Å². The van der Waals surface area contributed by atoms with E-state index in [4.69, 9.17) is 10.5 Å². The predicted octanol–water partition coefficient (Wildman–Crippen LogP) is 3.20. The van der Waals surface area contributed by atoms with Gasteiger partial charge in [0.05, 0.1) is 12.3 Å². The summed E-state index contributed by atoms with van der Waals surface area (Å²) in [5.41, 5.74) is 8.33. The minimum absolute atomic E-state index is 0.193. The Bertz CT molecular complexity index is 382. The van der Waals surface area contributed by atoms with Gasteiger partial charge in [0, 0.05) is 30.2 Å². The molecule has 1 rings (SSSR count). The maximum absolute atomic E-state index is 5.84. The van der Waals surface area contributed by atoms with Gasteiger partial charge in [-0.1, -0.05) is 6.07 Å². The first-order valence-electron chi connectivity index (χ1n) is 6.95. The fourth-order valence-corrected chi connectivity index (χ4v) is 2.75. The molecule has 0 spiro atoms. The SMILES string of the molecule is CCOCCN(CC)c1ccc(CC(C)N)cc1Br. The van der Waals surface area contributed by atoms with Gasteiger partial charge >= 0.3 is 0 Å². The molecule has 0 aromatic heterocycles. The van der Waals surface area contributed by atoms with Crippen LogP contribution in [-0.2, 0) is 11.2 Å². The molecule has 0 saturated carbocycles. The van der Waals surface area contributed by atoms with Crippen LogP contribution >= 0.6 is 15.9 Å². The number of benzene rings is 1. The summed E-state index contributed by atoms with van der Waals surface area (Å²) in [5.74, 6) is 0. The van der Waals surface area contributed by atoms with Crippen molar-refractivity contribution in [2.45, 2.75) is 33.2 Å². The number of anilines is 1. The number of hydrogen-bond donors (Lipinski definition) is 1. The lowest BCUT2D eigenvalue weighted by atomic mass is 10.1. The molecule has 0 aliphatic carbocycles. The molecule has 19 heavy (non-hydrogen) atoms. The number of nitrogens with zero attached hydrogens (tertiary/aromatic N) is 1. The van der Waals surface area contributed by atoms with E-state index in [2.05, 4.69) is 46.0 Å². The molecule has 108 valence electrons. The third-order valence-electron chi connectivity index (χ3n) is 3.00. The van der Waals surface area contributed by atoms with Crippen molar-refractivity contribution >= 4 is 21.6 Å². The van der Waals surface area contributed by atoms with Gasteiger partial charge in [-0.2, -0.15) is 0 Å². The Kier molecular flexibility index (Phi) is 7.42. The molecule has 0 amide bonds. The van der Waals surface area contributed by atoms with Crippen molar-refractivity contribution in [3.63, 3.8) is 0 Å². The zero-order valence-corrected chi connectivity index (χ0v) is 13.7. The summed E-state index contributed by atoms with van der Waals surface area (Å²) in [6.45, 7) is 9.63. The van der Waals surface area contributed by atoms with E-state index in [1.165, 1.54) is 11.3 Å². The maximum atomic E-state index is 5.84. The Morgan fingerprint density at radius 2 is 2.11 bits per heavy atom. The molecule has 1 aromatic rings. The molecule has 0 bridgehead atoms. The topological polar surface area (TPSA) is 38.5 Å². The minimum Gasteiger partial charge on any atom is -0.380 e. The molecule has 1 atom stereocenters. The summed E-state index contributed by atoms with van der Waals surface area (Å²) in [7, 11) is 0. The third kappa shape index (κ3) is 5.51. The van der Waals surface area contributed by atoms with E-state index >= 15 is 0 Å². The lowest BCUT2D eigenvalue weighted by Crippen LogP contribution is -2.27. The van der Waals surface area contributed by atoms with Crippen LogP contribution in [0.15, 0.2) is 22.7 Å². The second-order valence-electron chi connectivity index (χ2n) is 4.74. The van der Waals surface area contributed by atoms with Gasteiger partial charge in [0.2, 0.25) is 0 Å². The Hall–Kier alpha value is -0.580. The summed E-state index contributed by atoms with van der Waals surface area (Å²) in [4.78, 5) is 2.31. The van der Waals surface area contributed by atoms with Gasteiger partial charge in [-0.25, -0.2) is 0 Å². The van der Waals surface area contributed by atoms with Crippen molar-refractivity contribution in [1.82, 2.24) is 0 Å². The monoisotopic (exact) mass is 328 g/mol. The molecule has 0 aliphatic rings. The molecule has 0 fully saturated rings. The number of nitrogens with two attached hydrogens (primary N) is 1. The van der Waals surface area contributed by atoms with E-state index in [1.807, 2.05) is 13.8 Å². The van der Waals surface area contributed by atoms with Crippen molar-refractivity contribution in [3.05, 3.63) is 28.2 Å². The Balaban J connectivity index is 2.75. The molecule has 0 radical (unpaired) electrons. The molecule has 4 heteroatoms. The molecular formula is C15H25BrN2O. The average molecular weight is 329 g/mol. The number of likely N-dealkylation sites (N-methyl/N-ethyl adjacent to an activating group) is 1. The normalized spacial score (nSPS) is 12.5. The van der Waals surface area contributed by atoms with Crippen LogP contribution in [0.3, 0.4) is 0 Å². The van der Waals surface area contributed by atoms with Crippen molar-refractivity contribution in [2.75, 3.05) is 31.2 Å². The van der Waals surface area contributed by atoms with E-state index in [9.17, 15) is 0 Å². The Morgan fingerprint density at radius 1 is 1.37 bits per heavy atom. The molecule has 0 saturated heterocycles. The number of hydrogen-bond acceptors (Lipinski definition) is 3. The molecule has 3 nitrogen and oxygen atoms in total. The first-order valence-corrected chi connectivity index (χ1v) is 7.74. The lowest BCUT2D eigenvalue weighted by Gasteiger charge is -2.24. The van der Waals surface area contributed by atoms with Crippen LogP contribution in [0, 0.1) is 0 Å². The van der Waals surface area contributed by atoms with Crippen LogP contribution in [0.5, 0.6) is 0 Å². The van der Waals surface area contributed by atoms with Crippen LogP contribution < -0.4 is 10.6 Å². The van der Waals surface area contributed by atoms with Crippen molar-refractivity contribution in [2.24, 2.45) is 5.73 Å². The van der Waals surface area contributed by atoms with Gasteiger partial charge in [0.1, 0.15) is 0 Å². The lowest BCUT2D eigenvalue weighted by molar-refractivity contribution is 0.154. The Labute approximate surface area is 125 Å². The van der Waals surface area contributed by atoms with Gasteiger partial charge in [-0.15, -0.1) is 0 Å². The summed E-state index contributed by atoms with van der Waals surface area (Å²) in [6.07, 6.45) is 0.907. The zero-order valence-electron chi connectivity index (χ0n) is 12.2. The fourth-order valence-electron chi connectivity index (χ4n) is 2.07. The first-order chi connectivity index (χ1) is 9.08. The van der Waals surface area contributed by atoms with Crippen LogP contribution in [0.25, 0.3) is 0 Å². The number of halogens is 1.